The molecular weight excluding hydrogens is 392 g/mol. The fourth-order valence-electron chi connectivity index (χ4n) is 3.86. The molecule has 1 atom stereocenters. The van der Waals surface area contributed by atoms with Crippen LogP contribution in [0.3, 0.4) is 0 Å². The second kappa shape index (κ2) is 11.3. The van der Waals surface area contributed by atoms with E-state index in [1.54, 1.807) is 24.3 Å². The highest BCUT2D eigenvalue weighted by Crippen LogP contribution is 2.16. The standard InChI is InChI=1S/C24H30N4O3/c1-2-28-16-8-11-19(28)17-26-23(30)24(31)27-21-13-7-6-12-20(21)22(29)25-15-14-18-9-4-3-5-10-18/h3-7,9-10,12-13,19H,2,8,11,14-17H2,1H3,(H,25,29)(H,26,30)(H,27,31). The fraction of sp³-hybridized carbons (Fsp3) is 0.375. The van der Waals surface area contributed by atoms with Crippen LogP contribution in [0.15, 0.2) is 54.6 Å². The van der Waals surface area contributed by atoms with Crippen molar-refractivity contribution in [3.05, 3.63) is 65.7 Å². The van der Waals surface area contributed by atoms with Crippen molar-refractivity contribution in [3.63, 3.8) is 0 Å². The van der Waals surface area contributed by atoms with Crippen LogP contribution in [-0.4, -0.2) is 54.8 Å². The Hall–Kier alpha value is -3.19. The van der Waals surface area contributed by atoms with Crippen LogP contribution >= 0.6 is 0 Å². The van der Waals surface area contributed by atoms with Gasteiger partial charge in [0, 0.05) is 19.1 Å². The van der Waals surface area contributed by atoms with Crippen molar-refractivity contribution < 1.29 is 14.4 Å². The minimum Gasteiger partial charge on any atom is -0.352 e. The van der Waals surface area contributed by atoms with Gasteiger partial charge >= 0.3 is 11.8 Å². The van der Waals surface area contributed by atoms with Gasteiger partial charge in [0.25, 0.3) is 5.91 Å². The highest BCUT2D eigenvalue weighted by Gasteiger charge is 2.25. The van der Waals surface area contributed by atoms with Gasteiger partial charge in [-0.25, -0.2) is 0 Å². The SMILES string of the molecule is CCN1CCCC1CNC(=O)C(=O)Nc1ccccc1C(=O)NCCc1ccccc1. The summed E-state index contributed by atoms with van der Waals surface area (Å²) in [5.41, 5.74) is 1.77. The van der Waals surface area contributed by atoms with Gasteiger partial charge in [0.2, 0.25) is 0 Å². The molecule has 3 amide bonds. The zero-order valence-corrected chi connectivity index (χ0v) is 17.9. The van der Waals surface area contributed by atoms with Gasteiger partial charge in [-0.3, -0.25) is 19.3 Å². The summed E-state index contributed by atoms with van der Waals surface area (Å²) in [6.07, 6.45) is 2.83. The fourth-order valence-corrected chi connectivity index (χ4v) is 3.86. The van der Waals surface area contributed by atoms with Crippen molar-refractivity contribution in [2.75, 3.05) is 31.5 Å². The molecule has 1 fully saturated rings. The van der Waals surface area contributed by atoms with Crippen LogP contribution in [0.5, 0.6) is 0 Å². The Balaban J connectivity index is 1.52. The third-order valence-corrected chi connectivity index (χ3v) is 5.57. The number of hydrogen-bond donors (Lipinski definition) is 3. The number of likely N-dealkylation sites (N-methyl/N-ethyl adjacent to an activating group) is 1. The predicted molar refractivity (Wildman–Crippen MR) is 121 cm³/mol. The van der Waals surface area contributed by atoms with E-state index in [4.69, 9.17) is 0 Å². The maximum atomic E-state index is 12.6. The molecule has 7 heteroatoms. The summed E-state index contributed by atoms with van der Waals surface area (Å²) < 4.78 is 0. The maximum Gasteiger partial charge on any atom is 0.313 e. The summed E-state index contributed by atoms with van der Waals surface area (Å²) in [5, 5.41) is 8.16. The molecule has 0 aromatic heterocycles. The van der Waals surface area contributed by atoms with Crippen molar-refractivity contribution in [3.8, 4) is 0 Å². The van der Waals surface area contributed by atoms with E-state index in [0.29, 0.717) is 30.8 Å². The molecule has 0 radical (unpaired) electrons. The lowest BCUT2D eigenvalue weighted by molar-refractivity contribution is -0.136. The lowest BCUT2D eigenvalue weighted by Crippen LogP contribution is -2.43. The molecule has 0 bridgehead atoms. The number of rotatable bonds is 8. The summed E-state index contributed by atoms with van der Waals surface area (Å²) in [4.78, 5) is 39.5. The third-order valence-electron chi connectivity index (χ3n) is 5.57. The molecule has 3 N–H and O–H groups in total. The van der Waals surface area contributed by atoms with Crippen LogP contribution in [-0.2, 0) is 16.0 Å². The highest BCUT2D eigenvalue weighted by molar-refractivity contribution is 6.40. The van der Waals surface area contributed by atoms with E-state index in [-0.39, 0.29) is 11.9 Å². The van der Waals surface area contributed by atoms with Crippen molar-refractivity contribution in [2.24, 2.45) is 0 Å². The lowest BCUT2D eigenvalue weighted by atomic mass is 10.1. The number of carbonyl (C=O) groups excluding carboxylic acids is 3. The average molecular weight is 423 g/mol. The molecule has 2 aromatic rings. The Morgan fingerprint density at radius 1 is 0.968 bits per heavy atom. The Kier molecular flexibility index (Phi) is 8.18. The van der Waals surface area contributed by atoms with E-state index < -0.39 is 11.8 Å². The van der Waals surface area contributed by atoms with Gasteiger partial charge in [0.15, 0.2) is 0 Å². The first-order valence-electron chi connectivity index (χ1n) is 10.8. The molecule has 1 saturated heterocycles. The van der Waals surface area contributed by atoms with Crippen molar-refractivity contribution in [2.45, 2.75) is 32.2 Å². The summed E-state index contributed by atoms with van der Waals surface area (Å²) in [6, 6.07) is 16.8. The van der Waals surface area contributed by atoms with Crippen molar-refractivity contribution in [1.29, 1.82) is 0 Å². The van der Waals surface area contributed by atoms with Gasteiger partial charge < -0.3 is 16.0 Å². The van der Waals surface area contributed by atoms with E-state index in [2.05, 4.69) is 27.8 Å². The average Bonchev–Trinajstić information content (AvgIpc) is 3.26. The maximum absolute atomic E-state index is 12.6. The number of benzene rings is 2. The summed E-state index contributed by atoms with van der Waals surface area (Å²) in [6.45, 7) is 4.97. The Bertz CT molecular complexity index is 901. The molecule has 164 valence electrons. The van der Waals surface area contributed by atoms with Gasteiger partial charge in [-0.05, 0) is 50.0 Å². The number of para-hydroxylation sites is 1. The third kappa shape index (κ3) is 6.39. The first kappa shape index (κ1) is 22.5. The summed E-state index contributed by atoms with van der Waals surface area (Å²) >= 11 is 0. The molecule has 0 aliphatic carbocycles. The number of nitrogens with one attached hydrogen (secondary N) is 3. The van der Waals surface area contributed by atoms with Gasteiger partial charge in [0.1, 0.15) is 0 Å². The van der Waals surface area contributed by atoms with Crippen LogP contribution in [0.2, 0.25) is 0 Å². The quantitative estimate of drug-likeness (QED) is 0.569. The number of amides is 3. The van der Waals surface area contributed by atoms with Crippen LogP contribution in [0.25, 0.3) is 0 Å². The highest BCUT2D eigenvalue weighted by atomic mass is 16.2. The molecule has 0 saturated carbocycles. The summed E-state index contributed by atoms with van der Waals surface area (Å²) in [5.74, 6) is -1.76. The van der Waals surface area contributed by atoms with Crippen LogP contribution in [0, 0.1) is 0 Å². The number of nitrogens with zero attached hydrogens (tertiary/aromatic N) is 1. The zero-order valence-electron chi connectivity index (χ0n) is 17.9. The molecule has 1 aliphatic heterocycles. The molecule has 1 heterocycles. The van der Waals surface area contributed by atoms with E-state index >= 15 is 0 Å². The van der Waals surface area contributed by atoms with Gasteiger partial charge in [-0.15, -0.1) is 0 Å². The van der Waals surface area contributed by atoms with Gasteiger partial charge in [-0.1, -0.05) is 49.4 Å². The van der Waals surface area contributed by atoms with E-state index in [0.717, 1.165) is 31.5 Å². The monoisotopic (exact) mass is 422 g/mol. The number of carbonyl (C=O) groups is 3. The first-order chi connectivity index (χ1) is 15.1. The Morgan fingerprint density at radius 3 is 2.48 bits per heavy atom. The van der Waals surface area contributed by atoms with Crippen LogP contribution in [0.1, 0.15) is 35.7 Å². The van der Waals surface area contributed by atoms with Crippen molar-refractivity contribution in [1.82, 2.24) is 15.5 Å². The van der Waals surface area contributed by atoms with Crippen molar-refractivity contribution >= 4 is 23.4 Å². The van der Waals surface area contributed by atoms with Crippen LogP contribution in [0.4, 0.5) is 5.69 Å². The second-order valence-electron chi connectivity index (χ2n) is 7.63. The molecule has 1 aliphatic rings. The summed E-state index contributed by atoms with van der Waals surface area (Å²) in [7, 11) is 0. The molecule has 31 heavy (non-hydrogen) atoms. The zero-order chi connectivity index (χ0) is 22.1. The van der Waals surface area contributed by atoms with Crippen LogP contribution < -0.4 is 16.0 Å². The largest absolute Gasteiger partial charge is 0.352 e. The van der Waals surface area contributed by atoms with Gasteiger partial charge in [-0.2, -0.15) is 0 Å². The van der Waals surface area contributed by atoms with E-state index in [1.807, 2.05) is 30.3 Å². The number of likely N-dealkylation sites (tertiary alicyclic amines) is 1. The number of anilines is 1. The van der Waals surface area contributed by atoms with Gasteiger partial charge in [0.05, 0.1) is 11.3 Å². The predicted octanol–water partition coefficient (Wildman–Crippen LogP) is 2.20. The minimum atomic E-state index is -0.773. The van der Waals surface area contributed by atoms with E-state index in [1.165, 1.54) is 0 Å². The topological polar surface area (TPSA) is 90.5 Å². The molecule has 2 aromatic carbocycles. The molecule has 7 nitrogen and oxygen atoms in total. The van der Waals surface area contributed by atoms with E-state index in [9.17, 15) is 14.4 Å². The minimum absolute atomic E-state index is 0.268. The molecule has 0 spiro atoms. The second-order valence-corrected chi connectivity index (χ2v) is 7.63. The Morgan fingerprint density at radius 2 is 1.71 bits per heavy atom. The Labute approximate surface area is 183 Å². The lowest BCUT2D eigenvalue weighted by Gasteiger charge is -2.22. The molecule has 1 unspecified atom stereocenters. The first-order valence-corrected chi connectivity index (χ1v) is 10.8. The molecular formula is C24H30N4O3. The number of hydrogen-bond acceptors (Lipinski definition) is 4. The normalized spacial score (nSPS) is 16.0. The smallest absolute Gasteiger partial charge is 0.313 e. The molecule has 3 rings (SSSR count).